The Hall–Kier alpha value is -2.88. The first-order valence-corrected chi connectivity index (χ1v) is 12.2. The van der Waals surface area contributed by atoms with Gasteiger partial charge in [-0.25, -0.2) is 8.42 Å². The molecule has 0 bridgehead atoms. The molecule has 0 saturated carbocycles. The number of nitrogens with one attached hydrogen (secondary N) is 1. The van der Waals surface area contributed by atoms with Crippen molar-refractivity contribution in [2.75, 3.05) is 62.8 Å². The zero-order valence-electron chi connectivity index (χ0n) is 17.6. The number of amides is 1. The lowest BCUT2D eigenvalue weighted by Gasteiger charge is -2.29. The normalized spacial score (nSPS) is 20.2. The van der Waals surface area contributed by atoms with E-state index in [1.54, 1.807) is 29.2 Å². The average Bonchev–Trinajstić information content (AvgIpc) is 3.06. The quantitative estimate of drug-likeness (QED) is 0.754. The van der Waals surface area contributed by atoms with Crippen molar-refractivity contribution in [1.29, 1.82) is 0 Å². The van der Waals surface area contributed by atoms with Crippen molar-refractivity contribution in [3.8, 4) is 0 Å². The molecule has 9 heteroatoms. The number of anilines is 2. The third kappa shape index (κ3) is 3.76. The highest BCUT2D eigenvalue weighted by molar-refractivity contribution is 7.97. The molecule has 0 aromatic heterocycles. The second kappa shape index (κ2) is 8.57. The third-order valence-electron chi connectivity index (χ3n) is 5.95. The van der Waals surface area contributed by atoms with E-state index >= 15 is 0 Å². The summed E-state index contributed by atoms with van der Waals surface area (Å²) >= 11 is 0. The smallest absolute Gasteiger partial charge is 0.268 e. The fourth-order valence-corrected chi connectivity index (χ4v) is 5.98. The predicted octanol–water partition coefficient (Wildman–Crippen LogP) is 1.95. The lowest BCUT2D eigenvalue weighted by atomic mass is 10.1. The summed E-state index contributed by atoms with van der Waals surface area (Å²) in [4.78, 5) is 17.1. The van der Waals surface area contributed by atoms with Gasteiger partial charge in [0.05, 0.1) is 37.0 Å². The molecule has 168 valence electrons. The summed E-state index contributed by atoms with van der Waals surface area (Å²) in [6.45, 7) is 4.62. The Morgan fingerprint density at radius 2 is 1.47 bits per heavy atom. The fourth-order valence-electron chi connectivity index (χ4n) is 4.25. The molecule has 3 aliphatic heterocycles. The molecule has 0 unspecified atom stereocenters. The topological polar surface area (TPSA) is 88.2 Å². The van der Waals surface area contributed by atoms with Gasteiger partial charge in [-0.1, -0.05) is 18.2 Å². The Kier molecular flexibility index (Phi) is 5.62. The standard InChI is InChI=1S/C23H25N3O5S/c27-23(26-11-15-31-16-12-26)22-21(19-3-1-2-4-20(19)32(22,28)29)24-17-5-7-18(8-6-17)25-9-13-30-14-10-25/h1-8,24H,9-16H2. The van der Waals surface area contributed by atoms with Crippen LogP contribution in [0.2, 0.25) is 0 Å². The number of sulfone groups is 1. The number of rotatable bonds is 4. The largest absolute Gasteiger partial charge is 0.378 e. The predicted molar refractivity (Wildman–Crippen MR) is 121 cm³/mol. The number of carbonyl (C=O) groups excluding carboxylic acids is 1. The van der Waals surface area contributed by atoms with Crippen LogP contribution in [0.4, 0.5) is 11.4 Å². The van der Waals surface area contributed by atoms with E-state index in [1.165, 1.54) is 0 Å². The summed E-state index contributed by atoms with van der Waals surface area (Å²) in [6, 6.07) is 14.5. The van der Waals surface area contributed by atoms with Gasteiger partial charge in [0.15, 0.2) is 4.91 Å². The highest BCUT2D eigenvalue weighted by Crippen LogP contribution is 2.40. The van der Waals surface area contributed by atoms with E-state index in [0.29, 0.717) is 50.8 Å². The molecule has 2 aromatic carbocycles. The van der Waals surface area contributed by atoms with Gasteiger partial charge in [-0.2, -0.15) is 0 Å². The molecule has 2 fully saturated rings. The maximum atomic E-state index is 13.3. The van der Waals surface area contributed by atoms with Crippen molar-refractivity contribution in [2.45, 2.75) is 4.90 Å². The van der Waals surface area contributed by atoms with E-state index in [0.717, 1.165) is 24.5 Å². The van der Waals surface area contributed by atoms with Crippen molar-refractivity contribution in [1.82, 2.24) is 4.90 Å². The van der Waals surface area contributed by atoms with E-state index in [-0.39, 0.29) is 9.80 Å². The first-order chi connectivity index (χ1) is 15.6. The number of carbonyl (C=O) groups is 1. The van der Waals surface area contributed by atoms with Crippen molar-refractivity contribution < 1.29 is 22.7 Å². The van der Waals surface area contributed by atoms with E-state index in [9.17, 15) is 13.2 Å². The van der Waals surface area contributed by atoms with E-state index in [1.807, 2.05) is 24.3 Å². The van der Waals surface area contributed by atoms with Crippen molar-refractivity contribution in [3.63, 3.8) is 0 Å². The maximum absolute atomic E-state index is 13.3. The maximum Gasteiger partial charge on any atom is 0.268 e. The summed E-state index contributed by atoms with van der Waals surface area (Å²) in [5, 5.41) is 3.23. The van der Waals surface area contributed by atoms with Crippen LogP contribution in [0.5, 0.6) is 0 Å². The number of ether oxygens (including phenoxy) is 2. The fraction of sp³-hybridized carbons (Fsp3) is 0.348. The molecule has 3 aliphatic rings. The molecule has 2 aromatic rings. The minimum Gasteiger partial charge on any atom is -0.378 e. The van der Waals surface area contributed by atoms with Gasteiger partial charge < -0.3 is 24.6 Å². The Morgan fingerprint density at radius 3 is 2.16 bits per heavy atom. The van der Waals surface area contributed by atoms with Gasteiger partial charge in [-0.05, 0) is 30.3 Å². The summed E-state index contributed by atoms with van der Waals surface area (Å²) in [6.07, 6.45) is 0. The summed E-state index contributed by atoms with van der Waals surface area (Å²) < 4.78 is 37.4. The molecule has 0 spiro atoms. The first kappa shape index (κ1) is 21.0. The van der Waals surface area contributed by atoms with Gasteiger partial charge in [0, 0.05) is 43.1 Å². The highest BCUT2D eigenvalue weighted by Gasteiger charge is 2.42. The first-order valence-electron chi connectivity index (χ1n) is 10.7. The number of benzene rings is 2. The van der Waals surface area contributed by atoms with Crippen molar-refractivity contribution in [2.24, 2.45) is 0 Å². The van der Waals surface area contributed by atoms with Gasteiger partial charge in [-0.15, -0.1) is 0 Å². The minimum absolute atomic E-state index is 0.157. The van der Waals surface area contributed by atoms with Crippen molar-refractivity contribution in [3.05, 3.63) is 59.0 Å². The molecule has 1 N–H and O–H groups in total. The van der Waals surface area contributed by atoms with Crippen LogP contribution in [0.15, 0.2) is 58.3 Å². The Labute approximate surface area is 187 Å². The molecule has 0 atom stereocenters. The minimum atomic E-state index is -3.93. The Balaban J connectivity index is 1.50. The molecule has 2 saturated heterocycles. The SMILES string of the molecule is O=C(C1=C(Nc2ccc(N3CCOCC3)cc2)c2ccccc2S1(=O)=O)N1CCOCC1. The monoisotopic (exact) mass is 455 g/mol. The lowest BCUT2D eigenvalue weighted by molar-refractivity contribution is -0.130. The Morgan fingerprint density at radius 1 is 0.844 bits per heavy atom. The molecule has 32 heavy (non-hydrogen) atoms. The van der Waals surface area contributed by atoms with Crippen LogP contribution in [0.25, 0.3) is 5.70 Å². The number of morpholine rings is 2. The van der Waals surface area contributed by atoms with Gasteiger partial charge >= 0.3 is 0 Å². The average molecular weight is 456 g/mol. The number of fused-ring (bicyclic) bond motifs is 1. The van der Waals surface area contributed by atoms with Crippen LogP contribution in [-0.4, -0.2) is 71.8 Å². The number of hydrogen-bond donors (Lipinski definition) is 1. The number of hydrogen-bond acceptors (Lipinski definition) is 7. The molecule has 1 amide bonds. The van der Waals surface area contributed by atoms with E-state index in [4.69, 9.17) is 9.47 Å². The third-order valence-corrected chi connectivity index (χ3v) is 7.80. The summed E-state index contributed by atoms with van der Waals surface area (Å²) in [7, 11) is -3.93. The van der Waals surface area contributed by atoms with E-state index < -0.39 is 15.7 Å². The summed E-state index contributed by atoms with van der Waals surface area (Å²) in [5.41, 5.74) is 2.64. The van der Waals surface area contributed by atoms with Gasteiger partial charge in [-0.3, -0.25) is 4.79 Å². The van der Waals surface area contributed by atoms with Crippen LogP contribution in [0.1, 0.15) is 5.56 Å². The van der Waals surface area contributed by atoms with Crippen LogP contribution < -0.4 is 10.2 Å². The van der Waals surface area contributed by atoms with Crippen LogP contribution in [0.3, 0.4) is 0 Å². The van der Waals surface area contributed by atoms with E-state index in [2.05, 4.69) is 10.2 Å². The molecular formula is C23H25N3O5S. The molecule has 0 radical (unpaired) electrons. The zero-order valence-corrected chi connectivity index (χ0v) is 18.4. The van der Waals surface area contributed by atoms with Crippen molar-refractivity contribution >= 4 is 32.8 Å². The van der Waals surface area contributed by atoms with Crippen LogP contribution >= 0.6 is 0 Å². The molecule has 5 rings (SSSR count). The van der Waals surface area contributed by atoms with Gasteiger partial charge in [0.2, 0.25) is 9.84 Å². The second-order valence-corrected chi connectivity index (χ2v) is 9.73. The van der Waals surface area contributed by atoms with Crippen LogP contribution in [0, 0.1) is 0 Å². The van der Waals surface area contributed by atoms with Gasteiger partial charge in [0.1, 0.15) is 0 Å². The molecule has 8 nitrogen and oxygen atoms in total. The molecular weight excluding hydrogens is 430 g/mol. The van der Waals surface area contributed by atoms with Crippen LogP contribution in [-0.2, 0) is 24.1 Å². The molecule has 3 heterocycles. The Bertz CT molecular complexity index is 1150. The lowest BCUT2D eigenvalue weighted by Crippen LogP contribution is -2.42. The molecule has 0 aliphatic carbocycles. The van der Waals surface area contributed by atoms with Gasteiger partial charge in [0.25, 0.3) is 5.91 Å². The number of nitrogens with zero attached hydrogens (tertiary/aromatic N) is 2. The second-order valence-electron chi connectivity index (χ2n) is 7.88. The highest BCUT2D eigenvalue weighted by atomic mass is 32.2. The zero-order chi connectivity index (χ0) is 22.1. The summed E-state index contributed by atoms with van der Waals surface area (Å²) in [5.74, 6) is -0.489.